The molecule has 39 heavy (non-hydrogen) atoms. The first-order valence-electron chi connectivity index (χ1n) is 12.7. The van der Waals surface area contributed by atoms with Crippen LogP contribution in [0.2, 0.25) is 0 Å². The standard InChI is InChI=1S/C26H31N7O5S/c1-3-26(28-14-18(15-29-26)25(35)36)32(2)16-19-12-20-22(39-19)24(33-6-9-37-10-7-33)31-23(30-20)17-4-5-21(27-13-17)38-11-8-34/h4-5,12-15,28,34H,3,6-11,16H2,1-2H3,(H,35,36). The SMILES string of the molecule is CCC1(N(C)Cc2cc3nc(-c4ccc(OCCO)nc4)nc(N4CCOCC4)c3s2)N=CC(C(=O)O)=CN1. The molecule has 0 aliphatic carbocycles. The highest BCUT2D eigenvalue weighted by Gasteiger charge is 2.34. The maximum Gasteiger partial charge on any atom is 0.338 e. The molecule has 1 atom stereocenters. The van der Waals surface area contributed by atoms with Crippen LogP contribution in [0.3, 0.4) is 0 Å². The number of rotatable bonds is 10. The highest BCUT2D eigenvalue weighted by molar-refractivity contribution is 7.19. The number of aliphatic hydroxyl groups excluding tert-OH is 1. The summed E-state index contributed by atoms with van der Waals surface area (Å²) in [6, 6.07) is 5.68. The Kier molecular flexibility index (Phi) is 8.02. The molecule has 5 heterocycles. The van der Waals surface area contributed by atoms with Crippen LogP contribution in [0.4, 0.5) is 5.82 Å². The Morgan fingerprint density at radius 2 is 2.13 bits per heavy atom. The number of aliphatic hydroxyl groups is 1. The highest BCUT2D eigenvalue weighted by atomic mass is 32.1. The molecule has 0 radical (unpaired) electrons. The van der Waals surface area contributed by atoms with Crippen LogP contribution in [-0.4, -0.2) is 94.6 Å². The number of carboxylic acid groups (broad SMARTS) is 1. The van der Waals surface area contributed by atoms with Gasteiger partial charge < -0.3 is 29.9 Å². The van der Waals surface area contributed by atoms with E-state index in [1.807, 2.05) is 20.0 Å². The molecule has 1 fully saturated rings. The number of aromatic nitrogens is 3. The molecule has 1 unspecified atom stereocenters. The second kappa shape index (κ2) is 11.6. The molecule has 5 rings (SSSR count). The van der Waals surface area contributed by atoms with Crippen LogP contribution in [0, 0.1) is 0 Å². The fraction of sp³-hybridized carbons (Fsp3) is 0.423. The third-order valence-electron chi connectivity index (χ3n) is 6.69. The van der Waals surface area contributed by atoms with Gasteiger partial charge in [-0.1, -0.05) is 6.92 Å². The fourth-order valence-electron chi connectivity index (χ4n) is 4.51. The van der Waals surface area contributed by atoms with E-state index in [4.69, 9.17) is 24.5 Å². The molecule has 1 saturated heterocycles. The molecule has 3 aromatic heterocycles. The number of fused-ring (bicyclic) bond motifs is 1. The number of thiophene rings is 1. The Morgan fingerprint density at radius 3 is 2.77 bits per heavy atom. The predicted molar refractivity (Wildman–Crippen MR) is 148 cm³/mol. The average Bonchev–Trinajstić information content (AvgIpc) is 3.38. The van der Waals surface area contributed by atoms with Crippen molar-refractivity contribution in [2.24, 2.45) is 4.99 Å². The van der Waals surface area contributed by atoms with Crippen molar-refractivity contribution >= 4 is 39.6 Å². The van der Waals surface area contributed by atoms with E-state index in [2.05, 4.69) is 31.2 Å². The number of hydrogen-bond acceptors (Lipinski definition) is 12. The number of ether oxygens (including phenoxy) is 2. The lowest BCUT2D eigenvalue weighted by atomic mass is 10.1. The Morgan fingerprint density at radius 1 is 1.31 bits per heavy atom. The smallest absolute Gasteiger partial charge is 0.338 e. The van der Waals surface area contributed by atoms with Crippen molar-refractivity contribution in [3.8, 4) is 17.3 Å². The first-order valence-corrected chi connectivity index (χ1v) is 13.5. The van der Waals surface area contributed by atoms with Crippen LogP contribution in [-0.2, 0) is 16.1 Å². The Balaban J connectivity index is 1.46. The summed E-state index contributed by atoms with van der Waals surface area (Å²) in [5, 5.41) is 21.4. The summed E-state index contributed by atoms with van der Waals surface area (Å²) < 4.78 is 12.0. The van der Waals surface area contributed by atoms with Gasteiger partial charge in [0.2, 0.25) is 5.88 Å². The van der Waals surface area contributed by atoms with Crippen LogP contribution >= 0.6 is 11.3 Å². The summed E-state index contributed by atoms with van der Waals surface area (Å²) in [5.74, 6) is 0.0986. The molecular weight excluding hydrogens is 522 g/mol. The monoisotopic (exact) mass is 553 g/mol. The van der Waals surface area contributed by atoms with Gasteiger partial charge in [0.25, 0.3) is 0 Å². The zero-order chi connectivity index (χ0) is 27.4. The summed E-state index contributed by atoms with van der Waals surface area (Å²) in [5.41, 5.74) is 1.73. The van der Waals surface area contributed by atoms with Gasteiger partial charge in [-0.05, 0) is 19.2 Å². The van der Waals surface area contributed by atoms with Gasteiger partial charge in [0, 0.05) is 61.2 Å². The highest BCUT2D eigenvalue weighted by Crippen LogP contribution is 2.36. The number of carbonyl (C=O) groups is 1. The largest absolute Gasteiger partial charge is 0.478 e. The van der Waals surface area contributed by atoms with Gasteiger partial charge in [-0.2, -0.15) is 0 Å². The summed E-state index contributed by atoms with van der Waals surface area (Å²) in [6.07, 6.45) is 5.23. The summed E-state index contributed by atoms with van der Waals surface area (Å²) in [7, 11) is 1.96. The van der Waals surface area contributed by atoms with Crippen molar-refractivity contribution in [3.63, 3.8) is 0 Å². The number of nitrogens with zero attached hydrogens (tertiary/aromatic N) is 6. The van der Waals surface area contributed by atoms with Gasteiger partial charge in [0.05, 0.1) is 35.6 Å². The first-order chi connectivity index (χ1) is 18.9. The van der Waals surface area contributed by atoms with E-state index in [-0.39, 0.29) is 18.8 Å². The zero-order valence-corrected chi connectivity index (χ0v) is 22.6. The van der Waals surface area contributed by atoms with Crippen LogP contribution in [0.1, 0.15) is 18.2 Å². The van der Waals surface area contributed by atoms with Crippen molar-refractivity contribution < 1.29 is 24.5 Å². The lowest BCUT2D eigenvalue weighted by Crippen LogP contribution is -2.55. The Bertz CT molecular complexity index is 1390. The van der Waals surface area contributed by atoms with Gasteiger partial charge in [-0.15, -0.1) is 11.3 Å². The van der Waals surface area contributed by atoms with Gasteiger partial charge in [-0.25, -0.2) is 24.7 Å². The van der Waals surface area contributed by atoms with Crippen molar-refractivity contribution in [2.75, 3.05) is 51.5 Å². The predicted octanol–water partition coefficient (Wildman–Crippen LogP) is 2.10. The number of morpholine rings is 1. The molecule has 2 aliphatic rings. The van der Waals surface area contributed by atoms with Gasteiger partial charge >= 0.3 is 5.97 Å². The molecule has 12 nitrogen and oxygen atoms in total. The van der Waals surface area contributed by atoms with Crippen LogP contribution < -0.4 is 15.0 Å². The number of anilines is 1. The lowest BCUT2D eigenvalue weighted by Gasteiger charge is -2.39. The molecule has 0 amide bonds. The molecule has 3 aromatic rings. The molecule has 0 saturated carbocycles. The van der Waals surface area contributed by atoms with Crippen molar-refractivity contribution in [1.82, 2.24) is 25.2 Å². The number of pyridine rings is 1. The zero-order valence-electron chi connectivity index (χ0n) is 21.8. The Hall–Kier alpha value is -3.65. The maximum atomic E-state index is 11.3. The molecular formula is C26H31N7O5S. The maximum absolute atomic E-state index is 11.3. The van der Waals surface area contributed by atoms with Crippen molar-refractivity contribution in [1.29, 1.82) is 0 Å². The van der Waals surface area contributed by atoms with Crippen LogP contribution in [0.25, 0.3) is 21.6 Å². The first kappa shape index (κ1) is 26.9. The second-order valence-corrected chi connectivity index (χ2v) is 10.3. The normalized spacial score (nSPS) is 19.3. The third kappa shape index (κ3) is 5.71. The number of hydrogen-bond donors (Lipinski definition) is 3. The number of nitrogens with one attached hydrogen (secondary N) is 1. The minimum atomic E-state index is -1.02. The van der Waals surface area contributed by atoms with Crippen molar-refractivity contribution in [3.05, 3.63) is 41.0 Å². The molecule has 0 spiro atoms. The average molecular weight is 554 g/mol. The number of aliphatic carboxylic acids is 1. The quantitative estimate of drug-likeness (QED) is 0.339. The second-order valence-electron chi connectivity index (χ2n) is 9.19. The van der Waals surface area contributed by atoms with E-state index in [9.17, 15) is 9.90 Å². The van der Waals surface area contributed by atoms with E-state index in [1.54, 1.807) is 23.6 Å². The van der Waals surface area contributed by atoms with E-state index in [1.165, 1.54) is 12.4 Å². The van der Waals surface area contributed by atoms with Crippen LogP contribution in [0.15, 0.2) is 41.2 Å². The minimum absolute atomic E-state index is 0.0797. The van der Waals surface area contributed by atoms with E-state index >= 15 is 0 Å². The lowest BCUT2D eigenvalue weighted by molar-refractivity contribution is -0.132. The molecule has 0 aromatic carbocycles. The third-order valence-corrected chi connectivity index (χ3v) is 7.80. The van der Waals surface area contributed by atoms with E-state index in [0.29, 0.717) is 37.9 Å². The molecule has 2 aliphatic heterocycles. The molecule has 206 valence electrons. The summed E-state index contributed by atoms with van der Waals surface area (Å²) in [4.78, 5) is 35.4. The van der Waals surface area contributed by atoms with Gasteiger partial charge in [-0.3, -0.25) is 4.90 Å². The fourth-order valence-corrected chi connectivity index (χ4v) is 5.67. The number of aliphatic imine (C=N–C) groups is 1. The van der Waals surface area contributed by atoms with E-state index in [0.717, 1.165) is 39.6 Å². The van der Waals surface area contributed by atoms with E-state index < -0.39 is 11.8 Å². The molecule has 13 heteroatoms. The van der Waals surface area contributed by atoms with Crippen LogP contribution in [0.5, 0.6) is 5.88 Å². The molecule has 0 bridgehead atoms. The topological polar surface area (TPSA) is 146 Å². The summed E-state index contributed by atoms with van der Waals surface area (Å²) in [6.45, 7) is 5.42. The van der Waals surface area contributed by atoms with Gasteiger partial charge in [0.15, 0.2) is 17.4 Å². The molecule has 3 N–H and O–H groups in total. The minimum Gasteiger partial charge on any atom is -0.478 e. The Labute approximate surface area is 229 Å². The van der Waals surface area contributed by atoms with Gasteiger partial charge in [0.1, 0.15) is 6.61 Å². The summed E-state index contributed by atoms with van der Waals surface area (Å²) >= 11 is 1.64. The van der Waals surface area contributed by atoms with Crippen molar-refractivity contribution in [2.45, 2.75) is 25.7 Å². The number of carboxylic acids is 1.